The smallest absolute Gasteiger partial charge is 0.110 e. The minimum atomic E-state index is 0.327. The molecule has 1 unspecified atom stereocenters. The van der Waals surface area contributed by atoms with Crippen molar-refractivity contribution in [1.29, 1.82) is 0 Å². The Morgan fingerprint density at radius 3 is 3.00 bits per heavy atom. The standard InChI is InChI=1S/C12H21N3/c1-3-5-12(6-4-7-14-12)10-11-13-8-9-15(11)2/h8-9,14H,3-7,10H2,1-2H3. The number of rotatable bonds is 4. The third kappa shape index (κ3) is 2.23. The largest absolute Gasteiger partial charge is 0.338 e. The molecule has 1 aromatic rings. The van der Waals surface area contributed by atoms with Crippen molar-refractivity contribution in [3.8, 4) is 0 Å². The van der Waals surface area contributed by atoms with Gasteiger partial charge >= 0.3 is 0 Å². The Bertz CT molecular complexity index is 310. The van der Waals surface area contributed by atoms with Crippen LogP contribution in [0.15, 0.2) is 12.4 Å². The second kappa shape index (κ2) is 4.35. The number of nitrogens with one attached hydrogen (secondary N) is 1. The summed E-state index contributed by atoms with van der Waals surface area (Å²) in [5.41, 5.74) is 0.327. The van der Waals surface area contributed by atoms with Crippen molar-refractivity contribution in [2.75, 3.05) is 6.54 Å². The molecule has 0 bridgehead atoms. The van der Waals surface area contributed by atoms with E-state index in [1.807, 2.05) is 12.4 Å². The van der Waals surface area contributed by atoms with E-state index in [0.29, 0.717) is 5.54 Å². The molecule has 3 heteroatoms. The van der Waals surface area contributed by atoms with Crippen LogP contribution in [0.2, 0.25) is 0 Å². The Morgan fingerprint density at radius 2 is 2.47 bits per heavy atom. The van der Waals surface area contributed by atoms with Crippen LogP contribution in [0.4, 0.5) is 0 Å². The summed E-state index contributed by atoms with van der Waals surface area (Å²) in [6, 6.07) is 0. The lowest BCUT2D eigenvalue weighted by Gasteiger charge is -2.29. The van der Waals surface area contributed by atoms with Crippen LogP contribution in [0, 0.1) is 0 Å². The highest BCUT2D eigenvalue weighted by atomic mass is 15.1. The molecular formula is C12H21N3. The van der Waals surface area contributed by atoms with Gasteiger partial charge in [0.15, 0.2) is 0 Å². The first kappa shape index (κ1) is 10.7. The summed E-state index contributed by atoms with van der Waals surface area (Å²) in [4.78, 5) is 4.43. The third-order valence-corrected chi connectivity index (χ3v) is 3.48. The van der Waals surface area contributed by atoms with Gasteiger partial charge < -0.3 is 9.88 Å². The molecule has 1 aliphatic rings. The third-order valence-electron chi connectivity index (χ3n) is 3.48. The second-order valence-electron chi connectivity index (χ2n) is 4.69. The first-order valence-electron chi connectivity index (χ1n) is 5.97. The maximum absolute atomic E-state index is 4.43. The van der Waals surface area contributed by atoms with Crippen LogP contribution in [0.25, 0.3) is 0 Å². The van der Waals surface area contributed by atoms with E-state index in [1.54, 1.807) is 0 Å². The van der Waals surface area contributed by atoms with Gasteiger partial charge in [0.25, 0.3) is 0 Å². The Kier molecular flexibility index (Phi) is 3.10. The van der Waals surface area contributed by atoms with Gasteiger partial charge in [-0.25, -0.2) is 4.98 Å². The summed E-state index contributed by atoms with van der Waals surface area (Å²) in [6.45, 7) is 3.44. The Balaban J connectivity index is 2.10. The van der Waals surface area contributed by atoms with Crippen LogP contribution < -0.4 is 5.32 Å². The number of nitrogens with zero attached hydrogens (tertiary/aromatic N) is 2. The molecule has 0 saturated carbocycles. The van der Waals surface area contributed by atoms with E-state index < -0.39 is 0 Å². The zero-order valence-electron chi connectivity index (χ0n) is 9.79. The fourth-order valence-corrected chi connectivity index (χ4v) is 2.67. The summed E-state index contributed by atoms with van der Waals surface area (Å²) in [6.07, 6.45) is 10.1. The number of aryl methyl sites for hydroxylation is 1. The SMILES string of the molecule is CCCC1(Cc2nccn2C)CCCN1. The van der Waals surface area contributed by atoms with E-state index in [1.165, 1.54) is 38.1 Å². The van der Waals surface area contributed by atoms with E-state index in [-0.39, 0.29) is 0 Å². The average molecular weight is 207 g/mol. The number of imidazole rings is 1. The monoisotopic (exact) mass is 207 g/mol. The maximum Gasteiger partial charge on any atom is 0.110 e. The predicted molar refractivity (Wildman–Crippen MR) is 61.8 cm³/mol. The van der Waals surface area contributed by atoms with Gasteiger partial charge in [0, 0.05) is 31.4 Å². The van der Waals surface area contributed by atoms with E-state index in [9.17, 15) is 0 Å². The van der Waals surface area contributed by atoms with E-state index in [2.05, 4.69) is 28.8 Å². The summed E-state index contributed by atoms with van der Waals surface area (Å²) >= 11 is 0. The molecular weight excluding hydrogens is 186 g/mol. The first-order valence-corrected chi connectivity index (χ1v) is 5.97. The van der Waals surface area contributed by atoms with Gasteiger partial charge in [-0.2, -0.15) is 0 Å². The van der Waals surface area contributed by atoms with Gasteiger partial charge in [0.2, 0.25) is 0 Å². The molecule has 1 N–H and O–H groups in total. The normalized spacial score (nSPS) is 26.0. The molecule has 0 aromatic carbocycles. The van der Waals surface area contributed by atoms with Crippen molar-refractivity contribution in [1.82, 2.24) is 14.9 Å². The first-order chi connectivity index (χ1) is 7.26. The molecule has 2 rings (SSSR count). The Hall–Kier alpha value is -0.830. The molecule has 0 amide bonds. The van der Waals surface area contributed by atoms with Crippen molar-refractivity contribution < 1.29 is 0 Å². The van der Waals surface area contributed by atoms with Gasteiger partial charge in [-0.05, 0) is 25.8 Å². The molecule has 0 radical (unpaired) electrons. The molecule has 1 aliphatic heterocycles. The highest BCUT2D eigenvalue weighted by Crippen LogP contribution is 2.28. The molecule has 15 heavy (non-hydrogen) atoms. The lowest BCUT2D eigenvalue weighted by Crippen LogP contribution is -2.42. The highest BCUT2D eigenvalue weighted by Gasteiger charge is 2.33. The summed E-state index contributed by atoms with van der Waals surface area (Å²) < 4.78 is 2.14. The number of aromatic nitrogens is 2. The van der Waals surface area contributed by atoms with Crippen LogP contribution in [0.1, 0.15) is 38.4 Å². The van der Waals surface area contributed by atoms with Crippen molar-refractivity contribution in [3.05, 3.63) is 18.2 Å². The second-order valence-corrected chi connectivity index (χ2v) is 4.69. The topological polar surface area (TPSA) is 29.9 Å². The fourth-order valence-electron chi connectivity index (χ4n) is 2.67. The van der Waals surface area contributed by atoms with Crippen LogP contribution in [-0.4, -0.2) is 21.6 Å². The molecule has 1 aromatic heterocycles. The molecule has 1 atom stereocenters. The van der Waals surface area contributed by atoms with Crippen LogP contribution in [0.3, 0.4) is 0 Å². The van der Waals surface area contributed by atoms with Gasteiger partial charge in [-0.15, -0.1) is 0 Å². The molecule has 2 heterocycles. The minimum absolute atomic E-state index is 0.327. The van der Waals surface area contributed by atoms with Gasteiger partial charge in [0.1, 0.15) is 5.82 Å². The molecule has 1 saturated heterocycles. The molecule has 84 valence electrons. The Morgan fingerprint density at radius 1 is 1.60 bits per heavy atom. The molecule has 0 aliphatic carbocycles. The summed E-state index contributed by atoms with van der Waals surface area (Å²) in [7, 11) is 2.08. The van der Waals surface area contributed by atoms with Crippen LogP contribution >= 0.6 is 0 Å². The summed E-state index contributed by atoms with van der Waals surface area (Å²) in [5, 5.41) is 3.68. The fraction of sp³-hybridized carbons (Fsp3) is 0.750. The minimum Gasteiger partial charge on any atom is -0.338 e. The van der Waals surface area contributed by atoms with Crippen LogP contribution in [0.5, 0.6) is 0 Å². The van der Waals surface area contributed by atoms with Crippen LogP contribution in [-0.2, 0) is 13.5 Å². The molecule has 3 nitrogen and oxygen atoms in total. The molecule has 1 fully saturated rings. The predicted octanol–water partition coefficient (Wildman–Crippen LogP) is 1.88. The Labute approximate surface area is 91.9 Å². The zero-order chi connectivity index (χ0) is 10.7. The molecule has 0 spiro atoms. The van der Waals surface area contributed by atoms with E-state index >= 15 is 0 Å². The van der Waals surface area contributed by atoms with Gasteiger partial charge in [-0.1, -0.05) is 13.3 Å². The van der Waals surface area contributed by atoms with Gasteiger partial charge in [0.05, 0.1) is 0 Å². The van der Waals surface area contributed by atoms with Crippen molar-refractivity contribution in [3.63, 3.8) is 0 Å². The highest BCUT2D eigenvalue weighted by molar-refractivity contribution is 5.03. The number of hydrogen-bond acceptors (Lipinski definition) is 2. The lowest BCUT2D eigenvalue weighted by atomic mass is 9.88. The van der Waals surface area contributed by atoms with E-state index in [0.717, 1.165) is 6.42 Å². The number of hydrogen-bond donors (Lipinski definition) is 1. The summed E-state index contributed by atoms with van der Waals surface area (Å²) in [5.74, 6) is 1.21. The van der Waals surface area contributed by atoms with Crippen molar-refractivity contribution in [2.45, 2.75) is 44.6 Å². The van der Waals surface area contributed by atoms with E-state index in [4.69, 9.17) is 0 Å². The van der Waals surface area contributed by atoms with Gasteiger partial charge in [-0.3, -0.25) is 0 Å². The lowest BCUT2D eigenvalue weighted by molar-refractivity contribution is 0.332. The maximum atomic E-state index is 4.43. The quantitative estimate of drug-likeness (QED) is 0.817. The van der Waals surface area contributed by atoms with Crippen molar-refractivity contribution >= 4 is 0 Å². The van der Waals surface area contributed by atoms with Crippen molar-refractivity contribution in [2.24, 2.45) is 7.05 Å². The zero-order valence-corrected chi connectivity index (χ0v) is 9.79. The average Bonchev–Trinajstić information content (AvgIpc) is 2.79.